The molecule has 0 N–H and O–H groups in total. The van der Waals surface area contributed by atoms with Gasteiger partial charge in [-0.15, -0.1) is 0 Å². The molecule has 122 valence electrons. The number of hydrogen-bond donors (Lipinski definition) is 0. The summed E-state index contributed by atoms with van der Waals surface area (Å²) in [6, 6.07) is 10.2. The van der Waals surface area contributed by atoms with Crippen LogP contribution in [0.3, 0.4) is 0 Å². The quantitative estimate of drug-likeness (QED) is 0.453. The average molecular weight is 324 g/mol. The molecule has 24 heavy (non-hydrogen) atoms. The normalized spacial score (nSPS) is 11.2. The second-order valence-corrected chi connectivity index (χ2v) is 4.45. The van der Waals surface area contributed by atoms with E-state index >= 15 is 0 Å². The van der Waals surface area contributed by atoms with Crippen molar-refractivity contribution in [2.75, 3.05) is 13.2 Å². The minimum absolute atomic E-state index is 0.107. The topological polar surface area (TPSA) is 100 Å². The van der Waals surface area contributed by atoms with E-state index in [1.165, 1.54) is 12.2 Å². The van der Waals surface area contributed by atoms with E-state index in [9.17, 15) is 9.59 Å². The zero-order valence-electron chi connectivity index (χ0n) is 13.4. The minimum Gasteiger partial charge on any atom is -0.462 e. The predicted octanol–water partition coefficient (Wildman–Crippen LogP) is 2.63. The van der Waals surface area contributed by atoms with Crippen molar-refractivity contribution in [1.82, 2.24) is 0 Å². The summed E-state index contributed by atoms with van der Waals surface area (Å²) in [6.07, 6.45) is 2.81. The summed E-state index contributed by atoms with van der Waals surface area (Å²) < 4.78 is 9.56. The van der Waals surface area contributed by atoms with E-state index in [1.807, 2.05) is 0 Å². The molecule has 0 aliphatic carbocycles. The van der Waals surface area contributed by atoms with Gasteiger partial charge in [0.2, 0.25) is 0 Å². The van der Waals surface area contributed by atoms with E-state index in [2.05, 4.69) is 0 Å². The van der Waals surface area contributed by atoms with Crippen LogP contribution >= 0.6 is 0 Å². The Morgan fingerprint density at radius 1 is 0.875 bits per heavy atom. The van der Waals surface area contributed by atoms with Crippen LogP contribution in [0.4, 0.5) is 0 Å². The van der Waals surface area contributed by atoms with E-state index in [0.29, 0.717) is 11.1 Å². The van der Waals surface area contributed by atoms with Gasteiger partial charge in [-0.2, -0.15) is 10.5 Å². The Morgan fingerprint density at radius 3 is 1.46 bits per heavy atom. The number of benzene rings is 1. The van der Waals surface area contributed by atoms with Crippen molar-refractivity contribution >= 4 is 24.1 Å². The molecule has 1 rings (SSSR count). The lowest BCUT2D eigenvalue weighted by Crippen LogP contribution is -2.06. The van der Waals surface area contributed by atoms with Gasteiger partial charge in [0, 0.05) is 0 Å². The monoisotopic (exact) mass is 324 g/mol. The van der Waals surface area contributed by atoms with Gasteiger partial charge in [0.1, 0.15) is 23.3 Å². The number of carbonyl (C=O) groups is 2. The third kappa shape index (κ3) is 5.43. The second kappa shape index (κ2) is 9.60. The van der Waals surface area contributed by atoms with Gasteiger partial charge in [0.05, 0.1) is 13.2 Å². The van der Waals surface area contributed by atoms with Gasteiger partial charge < -0.3 is 9.47 Å². The Balaban J connectivity index is 3.01. The fraction of sp³-hybridized carbons (Fsp3) is 0.222. The molecule has 0 heterocycles. The SMILES string of the molecule is CCOC(=O)/C(C#N)=C/c1ccc(/C=C(\C#N)C(=O)OCC)cc1. The van der Waals surface area contributed by atoms with Crippen LogP contribution in [0.5, 0.6) is 0 Å². The van der Waals surface area contributed by atoms with Crippen molar-refractivity contribution in [2.45, 2.75) is 13.8 Å². The highest BCUT2D eigenvalue weighted by Crippen LogP contribution is 2.13. The average Bonchev–Trinajstić information content (AvgIpc) is 2.59. The number of nitrogens with zero attached hydrogens (tertiary/aromatic N) is 2. The molecular weight excluding hydrogens is 308 g/mol. The van der Waals surface area contributed by atoms with Gasteiger partial charge in [0.25, 0.3) is 0 Å². The number of rotatable bonds is 6. The molecule has 0 aliphatic rings. The van der Waals surface area contributed by atoms with E-state index < -0.39 is 11.9 Å². The number of ether oxygens (including phenoxy) is 2. The highest BCUT2D eigenvalue weighted by molar-refractivity contribution is 5.98. The second-order valence-electron chi connectivity index (χ2n) is 4.45. The molecule has 0 fully saturated rings. The molecular formula is C18H16N2O4. The van der Waals surface area contributed by atoms with Gasteiger partial charge >= 0.3 is 11.9 Å². The first-order valence-corrected chi connectivity index (χ1v) is 7.23. The molecule has 1 aromatic rings. The molecule has 0 aliphatic heterocycles. The largest absolute Gasteiger partial charge is 0.462 e. The Morgan fingerprint density at radius 2 is 1.21 bits per heavy atom. The van der Waals surface area contributed by atoms with Crippen molar-refractivity contribution in [2.24, 2.45) is 0 Å². The van der Waals surface area contributed by atoms with Crippen LogP contribution in [-0.4, -0.2) is 25.2 Å². The van der Waals surface area contributed by atoms with Crippen molar-refractivity contribution in [3.05, 3.63) is 46.5 Å². The first kappa shape index (κ1) is 18.7. The van der Waals surface area contributed by atoms with Gasteiger partial charge in [-0.25, -0.2) is 9.59 Å². The molecule has 0 amide bonds. The highest BCUT2D eigenvalue weighted by Gasteiger charge is 2.11. The van der Waals surface area contributed by atoms with Gasteiger partial charge in [-0.3, -0.25) is 0 Å². The maximum absolute atomic E-state index is 11.6. The van der Waals surface area contributed by atoms with Crippen molar-refractivity contribution in [1.29, 1.82) is 10.5 Å². The number of nitriles is 2. The van der Waals surface area contributed by atoms with Crippen LogP contribution < -0.4 is 0 Å². The number of carbonyl (C=O) groups excluding carboxylic acids is 2. The van der Waals surface area contributed by atoms with Crippen molar-refractivity contribution < 1.29 is 19.1 Å². The van der Waals surface area contributed by atoms with Crippen molar-refractivity contribution in [3.8, 4) is 12.1 Å². The fourth-order valence-corrected chi connectivity index (χ4v) is 1.71. The zero-order chi connectivity index (χ0) is 17.9. The van der Waals surface area contributed by atoms with E-state index in [-0.39, 0.29) is 24.4 Å². The predicted molar refractivity (Wildman–Crippen MR) is 86.9 cm³/mol. The lowest BCUT2D eigenvalue weighted by Gasteiger charge is -2.01. The third-order valence-electron chi connectivity index (χ3n) is 2.79. The van der Waals surface area contributed by atoms with Gasteiger partial charge in [0.15, 0.2) is 0 Å². The maximum atomic E-state index is 11.6. The fourth-order valence-electron chi connectivity index (χ4n) is 1.71. The molecule has 0 saturated heterocycles. The molecule has 0 saturated carbocycles. The summed E-state index contributed by atoms with van der Waals surface area (Å²) in [7, 11) is 0. The summed E-state index contributed by atoms with van der Waals surface area (Å²) in [5.74, 6) is -1.36. The Kier molecular flexibility index (Phi) is 7.47. The Hall–Kier alpha value is -3.38. The summed E-state index contributed by atoms with van der Waals surface area (Å²) in [6.45, 7) is 3.69. The lowest BCUT2D eigenvalue weighted by molar-refractivity contribution is -0.138. The van der Waals surface area contributed by atoms with Crippen LogP contribution in [0.25, 0.3) is 12.2 Å². The van der Waals surface area contributed by atoms with E-state index in [1.54, 1.807) is 50.3 Å². The molecule has 6 nitrogen and oxygen atoms in total. The highest BCUT2D eigenvalue weighted by atomic mass is 16.5. The Bertz CT molecular complexity index is 682. The van der Waals surface area contributed by atoms with Gasteiger partial charge in [-0.1, -0.05) is 24.3 Å². The van der Waals surface area contributed by atoms with Gasteiger partial charge in [-0.05, 0) is 37.1 Å². The Labute approximate surface area is 140 Å². The van der Waals surface area contributed by atoms with Crippen LogP contribution in [-0.2, 0) is 19.1 Å². The summed E-state index contributed by atoms with van der Waals surface area (Å²) in [5, 5.41) is 18.0. The van der Waals surface area contributed by atoms with Crippen LogP contribution in [0.15, 0.2) is 35.4 Å². The third-order valence-corrected chi connectivity index (χ3v) is 2.79. The smallest absolute Gasteiger partial charge is 0.348 e. The first-order valence-electron chi connectivity index (χ1n) is 7.23. The van der Waals surface area contributed by atoms with Crippen LogP contribution in [0.2, 0.25) is 0 Å². The summed E-state index contributed by atoms with van der Waals surface area (Å²) in [4.78, 5) is 23.1. The standard InChI is InChI=1S/C18H16N2O4/c1-3-23-17(21)15(11-19)9-13-5-7-14(8-6-13)10-16(12-20)18(22)24-4-2/h5-10H,3-4H2,1-2H3/b15-9+,16-10+. The van der Waals surface area contributed by atoms with Crippen LogP contribution in [0, 0.1) is 22.7 Å². The van der Waals surface area contributed by atoms with E-state index in [4.69, 9.17) is 20.0 Å². The van der Waals surface area contributed by atoms with E-state index in [0.717, 1.165) is 0 Å². The summed E-state index contributed by atoms with van der Waals surface area (Å²) in [5.41, 5.74) is 1.02. The summed E-state index contributed by atoms with van der Waals surface area (Å²) >= 11 is 0. The van der Waals surface area contributed by atoms with Crippen LogP contribution in [0.1, 0.15) is 25.0 Å². The maximum Gasteiger partial charge on any atom is 0.348 e. The molecule has 1 aromatic carbocycles. The minimum atomic E-state index is -0.682. The molecule has 0 spiro atoms. The zero-order valence-corrected chi connectivity index (χ0v) is 13.4. The first-order chi connectivity index (χ1) is 11.5. The molecule has 0 radical (unpaired) electrons. The number of esters is 2. The lowest BCUT2D eigenvalue weighted by atomic mass is 10.1. The van der Waals surface area contributed by atoms with Crippen molar-refractivity contribution in [3.63, 3.8) is 0 Å². The molecule has 0 unspecified atom stereocenters. The molecule has 6 heteroatoms. The molecule has 0 aromatic heterocycles. The molecule has 0 atom stereocenters. The number of hydrogen-bond acceptors (Lipinski definition) is 6. The molecule has 0 bridgehead atoms.